The van der Waals surface area contributed by atoms with Gasteiger partial charge >= 0.3 is 0 Å². The standard InChI is InChI=1S/C15H14ClN3/c16-13-4-3-12(10-17)15(9-13)19-8-7-11-1-5-14(18)6-2-11/h1-6,9,19H,7-8,18H2. The number of nitrogens with one attached hydrogen (secondary N) is 1. The van der Waals surface area contributed by atoms with Gasteiger partial charge in [-0.15, -0.1) is 0 Å². The Morgan fingerprint density at radius 2 is 1.89 bits per heavy atom. The van der Waals surface area contributed by atoms with E-state index in [1.54, 1.807) is 18.2 Å². The van der Waals surface area contributed by atoms with Crippen molar-refractivity contribution in [2.24, 2.45) is 0 Å². The van der Waals surface area contributed by atoms with Gasteiger partial charge < -0.3 is 11.1 Å². The first-order valence-electron chi connectivity index (χ1n) is 5.97. The van der Waals surface area contributed by atoms with Gasteiger partial charge in [-0.3, -0.25) is 0 Å². The van der Waals surface area contributed by atoms with E-state index < -0.39 is 0 Å². The second kappa shape index (κ2) is 6.12. The van der Waals surface area contributed by atoms with Crippen LogP contribution in [0.25, 0.3) is 0 Å². The van der Waals surface area contributed by atoms with Gasteiger partial charge in [0, 0.05) is 17.3 Å². The lowest BCUT2D eigenvalue weighted by Gasteiger charge is -2.08. The zero-order valence-corrected chi connectivity index (χ0v) is 11.1. The highest BCUT2D eigenvalue weighted by Crippen LogP contribution is 2.20. The number of halogens is 1. The highest BCUT2D eigenvalue weighted by atomic mass is 35.5. The van der Waals surface area contributed by atoms with Crippen molar-refractivity contribution in [2.75, 3.05) is 17.6 Å². The van der Waals surface area contributed by atoms with E-state index in [0.717, 1.165) is 24.3 Å². The highest BCUT2D eigenvalue weighted by Gasteiger charge is 2.02. The zero-order chi connectivity index (χ0) is 13.7. The molecule has 0 aliphatic heterocycles. The Hall–Kier alpha value is -2.18. The normalized spacial score (nSPS) is 9.89. The molecule has 0 unspecified atom stereocenters. The highest BCUT2D eigenvalue weighted by molar-refractivity contribution is 6.30. The summed E-state index contributed by atoms with van der Waals surface area (Å²) >= 11 is 5.92. The van der Waals surface area contributed by atoms with Gasteiger partial charge in [0.05, 0.1) is 11.3 Å². The van der Waals surface area contributed by atoms with Crippen LogP contribution in [-0.4, -0.2) is 6.54 Å². The molecule has 0 fully saturated rings. The number of hydrogen-bond donors (Lipinski definition) is 2. The molecule has 0 aromatic heterocycles. The van der Waals surface area contributed by atoms with Crippen molar-refractivity contribution in [1.29, 1.82) is 5.26 Å². The van der Waals surface area contributed by atoms with Gasteiger partial charge in [-0.05, 0) is 42.3 Å². The molecule has 0 saturated heterocycles. The van der Waals surface area contributed by atoms with Gasteiger partial charge in [0.25, 0.3) is 0 Å². The molecule has 4 heteroatoms. The predicted octanol–water partition coefficient (Wildman–Crippen LogP) is 3.45. The molecule has 0 heterocycles. The van der Waals surface area contributed by atoms with E-state index in [4.69, 9.17) is 22.6 Å². The quantitative estimate of drug-likeness (QED) is 0.837. The van der Waals surface area contributed by atoms with Crippen LogP contribution in [0.4, 0.5) is 11.4 Å². The molecule has 19 heavy (non-hydrogen) atoms. The van der Waals surface area contributed by atoms with Crippen molar-refractivity contribution in [2.45, 2.75) is 6.42 Å². The van der Waals surface area contributed by atoms with Crippen LogP contribution < -0.4 is 11.1 Å². The predicted molar refractivity (Wildman–Crippen MR) is 79.2 cm³/mol. The van der Waals surface area contributed by atoms with E-state index in [1.807, 2.05) is 24.3 Å². The Balaban J connectivity index is 1.98. The van der Waals surface area contributed by atoms with Crippen LogP contribution in [0.3, 0.4) is 0 Å². The van der Waals surface area contributed by atoms with E-state index in [0.29, 0.717) is 10.6 Å². The lowest BCUT2D eigenvalue weighted by atomic mass is 10.1. The summed E-state index contributed by atoms with van der Waals surface area (Å²) in [7, 11) is 0. The average Bonchev–Trinajstić information content (AvgIpc) is 2.41. The van der Waals surface area contributed by atoms with E-state index in [-0.39, 0.29) is 0 Å². The van der Waals surface area contributed by atoms with Gasteiger partial charge in [-0.2, -0.15) is 5.26 Å². The Morgan fingerprint density at radius 3 is 2.58 bits per heavy atom. The molecule has 0 radical (unpaired) electrons. The molecule has 0 spiro atoms. The van der Waals surface area contributed by atoms with Crippen molar-refractivity contribution >= 4 is 23.0 Å². The molecule has 0 atom stereocenters. The maximum Gasteiger partial charge on any atom is 0.101 e. The van der Waals surface area contributed by atoms with Crippen LogP contribution >= 0.6 is 11.6 Å². The third kappa shape index (κ3) is 3.64. The average molecular weight is 272 g/mol. The Bertz CT molecular complexity index is 600. The number of nitriles is 1. The number of nitrogens with zero attached hydrogens (tertiary/aromatic N) is 1. The number of hydrogen-bond acceptors (Lipinski definition) is 3. The number of benzene rings is 2. The first-order chi connectivity index (χ1) is 9.19. The molecular formula is C15H14ClN3. The van der Waals surface area contributed by atoms with Crippen molar-refractivity contribution in [3.05, 3.63) is 58.6 Å². The molecule has 96 valence electrons. The minimum Gasteiger partial charge on any atom is -0.399 e. The number of anilines is 2. The van der Waals surface area contributed by atoms with Crippen LogP contribution in [-0.2, 0) is 6.42 Å². The lowest BCUT2D eigenvalue weighted by molar-refractivity contribution is 1.02. The number of nitrogen functional groups attached to an aromatic ring is 1. The molecule has 2 aromatic rings. The van der Waals surface area contributed by atoms with E-state index in [9.17, 15) is 0 Å². The van der Waals surface area contributed by atoms with Crippen LogP contribution in [0, 0.1) is 11.3 Å². The topological polar surface area (TPSA) is 61.8 Å². The molecule has 2 rings (SSSR count). The van der Waals surface area contributed by atoms with Gasteiger partial charge in [0.15, 0.2) is 0 Å². The van der Waals surface area contributed by atoms with Gasteiger partial charge in [-0.25, -0.2) is 0 Å². The monoisotopic (exact) mass is 271 g/mol. The van der Waals surface area contributed by atoms with Gasteiger partial charge in [-0.1, -0.05) is 23.7 Å². The summed E-state index contributed by atoms with van der Waals surface area (Å²) in [6.07, 6.45) is 0.859. The first kappa shape index (κ1) is 13.3. The van der Waals surface area contributed by atoms with Crippen molar-refractivity contribution in [1.82, 2.24) is 0 Å². The molecule has 0 amide bonds. The smallest absolute Gasteiger partial charge is 0.101 e. The number of rotatable bonds is 4. The third-order valence-corrected chi connectivity index (χ3v) is 3.05. The molecule has 0 saturated carbocycles. The van der Waals surface area contributed by atoms with Crippen LogP contribution in [0.2, 0.25) is 5.02 Å². The fraction of sp³-hybridized carbons (Fsp3) is 0.133. The summed E-state index contributed by atoms with van der Waals surface area (Å²) in [6, 6.07) is 15.1. The SMILES string of the molecule is N#Cc1ccc(Cl)cc1NCCc1ccc(N)cc1. The fourth-order valence-electron chi connectivity index (χ4n) is 1.79. The van der Waals surface area contributed by atoms with E-state index in [2.05, 4.69) is 11.4 Å². The summed E-state index contributed by atoms with van der Waals surface area (Å²) in [6.45, 7) is 0.735. The second-order valence-corrected chi connectivity index (χ2v) is 4.66. The fourth-order valence-corrected chi connectivity index (χ4v) is 1.96. The molecule has 0 aliphatic rings. The Kier molecular flexibility index (Phi) is 4.27. The van der Waals surface area contributed by atoms with E-state index in [1.165, 1.54) is 5.56 Å². The summed E-state index contributed by atoms with van der Waals surface area (Å²) in [5.41, 5.74) is 8.96. The molecule has 0 aliphatic carbocycles. The summed E-state index contributed by atoms with van der Waals surface area (Å²) in [5, 5.41) is 12.9. The van der Waals surface area contributed by atoms with Crippen LogP contribution in [0.5, 0.6) is 0 Å². The Morgan fingerprint density at radius 1 is 1.16 bits per heavy atom. The van der Waals surface area contributed by atoms with Crippen molar-refractivity contribution in [3.63, 3.8) is 0 Å². The number of nitrogens with two attached hydrogens (primary N) is 1. The van der Waals surface area contributed by atoms with E-state index >= 15 is 0 Å². The largest absolute Gasteiger partial charge is 0.399 e. The van der Waals surface area contributed by atoms with Gasteiger partial charge in [0.1, 0.15) is 6.07 Å². The maximum atomic E-state index is 9.01. The zero-order valence-electron chi connectivity index (χ0n) is 10.4. The Labute approximate surface area is 117 Å². The lowest BCUT2D eigenvalue weighted by Crippen LogP contribution is -2.06. The van der Waals surface area contributed by atoms with Gasteiger partial charge in [0.2, 0.25) is 0 Å². The molecule has 3 N–H and O–H groups in total. The van der Waals surface area contributed by atoms with Crippen LogP contribution in [0.1, 0.15) is 11.1 Å². The molecule has 3 nitrogen and oxygen atoms in total. The summed E-state index contributed by atoms with van der Waals surface area (Å²) in [5.74, 6) is 0. The minimum atomic E-state index is 0.599. The molecule has 0 bridgehead atoms. The third-order valence-electron chi connectivity index (χ3n) is 2.81. The molecule has 2 aromatic carbocycles. The first-order valence-corrected chi connectivity index (χ1v) is 6.35. The van der Waals surface area contributed by atoms with Crippen molar-refractivity contribution in [3.8, 4) is 6.07 Å². The van der Waals surface area contributed by atoms with Crippen LogP contribution in [0.15, 0.2) is 42.5 Å². The summed E-state index contributed by atoms with van der Waals surface area (Å²) in [4.78, 5) is 0. The molecular weight excluding hydrogens is 258 g/mol. The van der Waals surface area contributed by atoms with Crippen molar-refractivity contribution < 1.29 is 0 Å². The maximum absolute atomic E-state index is 9.01. The minimum absolute atomic E-state index is 0.599. The second-order valence-electron chi connectivity index (χ2n) is 4.22. The summed E-state index contributed by atoms with van der Waals surface area (Å²) < 4.78 is 0.